The van der Waals surface area contributed by atoms with Crippen molar-refractivity contribution < 1.29 is 9.60 Å². The number of hydrogen-bond acceptors (Lipinski definition) is 2. The molecule has 3 heteroatoms. The molecule has 1 rings (SSSR count). The molecule has 0 fully saturated rings. The highest BCUT2D eigenvalue weighted by molar-refractivity contribution is 5.83. The Morgan fingerprint density at radius 2 is 1.93 bits per heavy atom. The highest BCUT2D eigenvalue weighted by Gasteiger charge is 2.21. The normalized spacial score (nSPS) is 12.3. The predicted molar refractivity (Wildman–Crippen MR) is 59.2 cm³/mol. The van der Waals surface area contributed by atoms with Gasteiger partial charge in [0.05, 0.1) is 6.21 Å². The van der Waals surface area contributed by atoms with Crippen molar-refractivity contribution in [2.45, 2.75) is 33.1 Å². The molecule has 0 unspecified atom stereocenters. The van der Waals surface area contributed by atoms with Crippen LogP contribution >= 0.6 is 0 Å². The summed E-state index contributed by atoms with van der Waals surface area (Å²) >= 11 is 0. The zero-order valence-electron chi connectivity index (χ0n) is 9.50. The first-order valence-electron chi connectivity index (χ1n) is 4.85. The van der Waals surface area contributed by atoms with Crippen LogP contribution in [0.5, 0.6) is 0 Å². The third-order valence-corrected chi connectivity index (χ3v) is 2.34. The Kier molecular flexibility index (Phi) is 3.12. The largest absolute Gasteiger partial charge is 0.411 e. The maximum atomic E-state index is 13.5. The molecule has 1 aromatic carbocycles. The third kappa shape index (κ3) is 2.35. The number of hydrogen-bond donors (Lipinski definition) is 1. The van der Waals surface area contributed by atoms with Crippen molar-refractivity contribution >= 4 is 6.21 Å². The Hall–Kier alpha value is -1.38. The molecule has 0 aromatic heterocycles. The van der Waals surface area contributed by atoms with Crippen LogP contribution in [0.15, 0.2) is 17.3 Å². The summed E-state index contributed by atoms with van der Waals surface area (Å²) in [7, 11) is 0. The summed E-state index contributed by atoms with van der Waals surface area (Å²) in [6.45, 7) is 7.94. The van der Waals surface area contributed by atoms with Gasteiger partial charge < -0.3 is 5.21 Å². The number of aryl methyl sites for hydroxylation is 1. The minimum Gasteiger partial charge on any atom is -0.411 e. The second-order valence-electron chi connectivity index (χ2n) is 4.65. The fourth-order valence-corrected chi connectivity index (χ4v) is 1.88. The van der Waals surface area contributed by atoms with Crippen LogP contribution in [0.3, 0.4) is 0 Å². The van der Waals surface area contributed by atoms with E-state index in [4.69, 9.17) is 5.21 Å². The molecule has 0 aliphatic rings. The Labute approximate surface area is 89.4 Å². The van der Waals surface area contributed by atoms with Crippen LogP contribution in [-0.2, 0) is 5.41 Å². The maximum absolute atomic E-state index is 13.5. The molecular weight excluding hydrogens is 193 g/mol. The molecule has 0 saturated heterocycles. The molecule has 15 heavy (non-hydrogen) atoms. The lowest BCUT2D eigenvalue weighted by molar-refractivity contribution is 0.321. The van der Waals surface area contributed by atoms with Crippen molar-refractivity contribution in [3.63, 3.8) is 0 Å². The number of benzene rings is 1. The summed E-state index contributed by atoms with van der Waals surface area (Å²) in [5, 5.41) is 11.4. The molecule has 0 spiro atoms. The van der Waals surface area contributed by atoms with Gasteiger partial charge in [-0.25, -0.2) is 4.39 Å². The second kappa shape index (κ2) is 4.01. The number of nitrogens with zero attached hydrogens (tertiary/aromatic N) is 1. The molecule has 1 aromatic rings. The van der Waals surface area contributed by atoms with Crippen LogP contribution < -0.4 is 0 Å². The Morgan fingerprint density at radius 3 is 2.40 bits per heavy atom. The van der Waals surface area contributed by atoms with Crippen molar-refractivity contribution in [1.82, 2.24) is 0 Å². The van der Waals surface area contributed by atoms with E-state index in [1.807, 2.05) is 27.7 Å². The lowest BCUT2D eigenvalue weighted by Gasteiger charge is -2.24. The van der Waals surface area contributed by atoms with E-state index in [1.165, 1.54) is 6.07 Å². The van der Waals surface area contributed by atoms with E-state index >= 15 is 0 Å². The minimum absolute atomic E-state index is 0.178. The molecule has 82 valence electrons. The average molecular weight is 209 g/mol. The quantitative estimate of drug-likeness (QED) is 0.430. The maximum Gasteiger partial charge on any atom is 0.132 e. The van der Waals surface area contributed by atoms with E-state index in [9.17, 15) is 4.39 Å². The Morgan fingerprint density at radius 1 is 1.33 bits per heavy atom. The van der Waals surface area contributed by atoms with Crippen molar-refractivity contribution in [1.29, 1.82) is 0 Å². The van der Waals surface area contributed by atoms with Gasteiger partial charge in [0.25, 0.3) is 0 Å². The highest BCUT2D eigenvalue weighted by Crippen LogP contribution is 2.29. The van der Waals surface area contributed by atoms with Gasteiger partial charge in [-0.3, -0.25) is 0 Å². The zero-order valence-corrected chi connectivity index (χ0v) is 9.50. The molecule has 0 amide bonds. The molecule has 1 N–H and O–H groups in total. The summed E-state index contributed by atoms with van der Waals surface area (Å²) in [4.78, 5) is 0. The van der Waals surface area contributed by atoms with Crippen LogP contribution in [0.4, 0.5) is 4.39 Å². The van der Waals surface area contributed by atoms with Crippen molar-refractivity contribution in [2.75, 3.05) is 0 Å². The van der Waals surface area contributed by atoms with Gasteiger partial charge >= 0.3 is 0 Å². The predicted octanol–water partition coefficient (Wildman–Crippen LogP) is 3.24. The van der Waals surface area contributed by atoms with Crippen molar-refractivity contribution in [3.8, 4) is 0 Å². The SMILES string of the molecule is Cc1ccc(F)c(C=NO)c1C(C)(C)C. The highest BCUT2D eigenvalue weighted by atomic mass is 19.1. The number of halogens is 1. The average Bonchev–Trinajstić information content (AvgIpc) is 2.09. The van der Waals surface area contributed by atoms with E-state index in [1.54, 1.807) is 6.07 Å². The van der Waals surface area contributed by atoms with E-state index in [-0.39, 0.29) is 11.2 Å². The topological polar surface area (TPSA) is 32.6 Å². The lowest BCUT2D eigenvalue weighted by Crippen LogP contribution is -2.17. The molecule has 2 nitrogen and oxygen atoms in total. The van der Waals surface area contributed by atoms with Crippen molar-refractivity contribution in [3.05, 3.63) is 34.6 Å². The van der Waals surface area contributed by atoms with E-state index in [0.29, 0.717) is 5.56 Å². The second-order valence-corrected chi connectivity index (χ2v) is 4.65. The van der Waals surface area contributed by atoms with Gasteiger partial charge in [-0.2, -0.15) is 0 Å². The monoisotopic (exact) mass is 209 g/mol. The molecular formula is C12H16FNO. The fraction of sp³-hybridized carbons (Fsp3) is 0.417. The molecule has 0 bridgehead atoms. The van der Waals surface area contributed by atoms with E-state index < -0.39 is 0 Å². The number of rotatable bonds is 1. The third-order valence-electron chi connectivity index (χ3n) is 2.34. The lowest BCUT2D eigenvalue weighted by atomic mass is 9.81. The molecule has 0 heterocycles. The summed E-state index contributed by atoms with van der Waals surface area (Å²) < 4.78 is 13.5. The molecule has 0 radical (unpaired) electrons. The summed E-state index contributed by atoms with van der Waals surface area (Å²) in [6, 6.07) is 3.13. The van der Waals surface area contributed by atoms with E-state index in [0.717, 1.165) is 17.3 Å². The smallest absolute Gasteiger partial charge is 0.132 e. The summed E-state index contributed by atoms with van der Waals surface area (Å²) in [5.41, 5.74) is 2.06. The Balaban J connectivity index is 3.52. The zero-order chi connectivity index (χ0) is 11.6. The van der Waals surface area contributed by atoms with Crippen LogP contribution in [0.2, 0.25) is 0 Å². The molecule has 0 atom stereocenters. The van der Waals surface area contributed by atoms with Gasteiger partial charge in [-0.05, 0) is 29.5 Å². The first-order valence-corrected chi connectivity index (χ1v) is 4.85. The minimum atomic E-state index is -0.358. The van der Waals surface area contributed by atoms with Crippen LogP contribution in [0, 0.1) is 12.7 Å². The molecule has 0 saturated carbocycles. The van der Waals surface area contributed by atoms with Gasteiger partial charge in [0.2, 0.25) is 0 Å². The summed E-state index contributed by atoms with van der Waals surface area (Å²) in [6.07, 6.45) is 1.16. The van der Waals surface area contributed by atoms with Crippen LogP contribution in [0.25, 0.3) is 0 Å². The van der Waals surface area contributed by atoms with Gasteiger partial charge in [0.1, 0.15) is 5.82 Å². The number of oxime groups is 1. The van der Waals surface area contributed by atoms with Crippen LogP contribution in [-0.4, -0.2) is 11.4 Å². The fourth-order valence-electron chi connectivity index (χ4n) is 1.88. The van der Waals surface area contributed by atoms with Gasteiger partial charge in [-0.15, -0.1) is 0 Å². The van der Waals surface area contributed by atoms with Gasteiger partial charge in [0, 0.05) is 5.56 Å². The molecule has 0 aliphatic carbocycles. The molecule has 0 aliphatic heterocycles. The first-order chi connectivity index (χ1) is 6.88. The van der Waals surface area contributed by atoms with Crippen LogP contribution in [0.1, 0.15) is 37.5 Å². The van der Waals surface area contributed by atoms with Gasteiger partial charge in [-0.1, -0.05) is 32.0 Å². The van der Waals surface area contributed by atoms with Crippen molar-refractivity contribution in [2.24, 2.45) is 5.16 Å². The van der Waals surface area contributed by atoms with Gasteiger partial charge in [0.15, 0.2) is 0 Å². The summed E-state index contributed by atoms with van der Waals surface area (Å²) in [5.74, 6) is -0.358. The Bertz CT molecular complexity index is 391. The standard InChI is InChI=1S/C12H16FNO/c1-8-5-6-10(13)9(7-14-15)11(8)12(2,3)4/h5-7,15H,1-4H3. The van der Waals surface area contributed by atoms with E-state index in [2.05, 4.69) is 5.16 Å². The first kappa shape index (κ1) is 11.7.